The fourth-order valence-corrected chi connectivity index (χ4v) is 7.21. The van der Waals surface area contributed by atoms with Gasteiger partial charge >= 0.3 is 47.8 Å². The first-order valence-corrected chi connectivity index (χ1v) is 18.2. The van der Waals surface area contributed by atoms with Crippen molar-refractivity contribution in [2.24, 2.45) is 0 Å². The van der Waals surface area contributed by atoms with Gasteiger partial charge in [0.15, 0.2) is 0 Å². The predicted octanol–water partition coefficient (Wildman–Crippen LogP) is 3.36. The van der Waals surface area contributed by atoms with Crippen molar-refractivity contribution in [3.05, 3.63) is 69.3 Å². The summed E-state index contributed by atoms with van der Waals surface area (Å²) in [5, 5.41) is 78.5. The summed E-state index contributed by atoms with van der Waals surface area (Å²) < 4.78 is 0. The maximum absolute atomic E-state index is 12.3. The smallest absolute Gasteiger partial charge is 0.307 e. The van der Waals surface area contributed by atoms with Gasteiger partial charge in [-0.1, -0.05) is 35.4 Å². The third-order valence-corrected chi connectivity index (χ3v) is 9.66. The molecule has 2 aliphatic rings. The van der Waals surface area contributed by atoms with E-state index in [0.29, 0.717) is 0 Å². The molecule has 0 aromatic carbocycles. The fourth-order valence-electron chi connectivity index (χ4n) is 7.21. The number of hydrogen-bond acceptors (Lipinski definition) is 10. The van der Waals surface area contributed by atoms with Crippen LogP contribution in [0.4, 0.5) is 0 Å². The molecule has 0 amide bonds. The van der Waals surface area contributed by atoms with Crippen LogP contribution in [0.25, 0.3) is 44.4 Å². The van der Waals surface area contributed by atoms with Crippen molar-refractivity contribution >= 4 is 92.1 Å². The molecule has 0 spiro atoms. The van der Waals surface area contributed by atoms with Gasteiger partial charge in [-0.15, -0.1) is 22.1 Å². The summed E-state index contributed by atoms with van der Waals surface area (Å²) in [7, 11) is 0. The van der Waals surface area contributed by atoms with Gasteiger partial charge in [0.05, 0.1) is 48.5 Å². The maximum Gasteiger partial charge on any atom is 0.307 e. The van der Waals surface area contributed by atoms with E-state index in [-0.39, 0.29) is 132 Å². The summed E-state index contributed by atoms with van der Waals surface area (Å²) in [6, 6.07) is 5.13. The minimum absolute atomic E-state index is 0. The van der Waals surface area contributed by atoms with Gasteiger partial charge < -0.3 is 50.8 Å². The number of hydrogen-bond donors (Lipinski definition) is 8. The molecular weight excluding hydrogens is 848 g/mol. The number of allylic oxidation sites excluding steroid dienone is 2. The van der Waals surface area contributed by atoms with Crippen LogP contribution in [-0.4, -0.2) is 98.6 Å². The predicted molar refractivity (Wildman–Crippen MR) is 205 cm³/mol. The van der Waals surface area contributed by atoms with Crippen molar-refractivity contribution in [1.29, 1.82) is 0 Å². The van der Waals surface area contributed by atoms with Crippen LogP contribution in [0.15, 0.2) is 24.3 Å². The molecule has 21 heteroatoms. The van der Waals surface area contributed by atoms with E-state index in [1.165, 1.54) is 24.3 Å². The first-order valence-electron chi connectivity index (χ1n) is 18.2. The molecule has 0 saturated heterocycles. The normalized spacial score (nSPS) is 12.2. The molecule has 0 radical (unpaired) electrons. The summed E-state index contributed by atoms with van der Waals surface area (Å²) in [5.41, 5.74) is 0.00237. The summed E-state index contributed by atoms with van der Waals surface area (Å²) in [6.07, 6.45) is -6.06. The Bertz CT molecular complexity index is 2600. The number of aryl methyl sites for hydroxylation is 2. The van der Waals surface area contributed by atoms with Gasteiger partial charge in [0.2, 0.25) is 0 Å². The molecule has 61 heavy (non-hydrogen) atoms. The van der Waals surface area contributed by atoms with E-state index in [2.05, 4.69) is 19.9 Å². The summed E-state index contributed by atoms with van der Waals surface area (Å²) >= 11 is 0. The number of carbonyl (C=O) groups is 8. The van der Waals surface area contributed by atoms with Crippen molar-refractivity contribution in [3.8, 4) is 0 Å². The number of aliphatic carboxylic acids is 8. The van der Waals surface area contributed by atoms with Crippen LogP contribution in [0.2, 0.25) is 0 Å². The molecular formula is C40H36FeN4O16-2. The minimum Gasteiger partial charge on any atom is -0.657 e. The van der Waals surface area contributed by atoms with Crippen LogP contribution in [-0.2, 0) is 81.1 Å². The Labute approximate surface area is 353 Å². The second-order valence-corrected chi connectivity index (χ2v) is 13.8. The van der Waals surface area contributed by atoms with Gasteiger partial charge in [0.1, 0.15) is 0 Å². The standard InChI is InChI=1S/C40H38N4O16.Fe/c45-33(46)5-1-17-21(9-37(53)54)29-14-27-19(3-7-35(49)50)22(10-38(55)56)30(43-27)15-28-20(4-8-36(51)52)24(12-40(59)60)32(44-28)16-31-23(11-39(57)58)18(2-6-34(47)48)26(42-31)13-25(17)41-29;/h13-16H,1-12H2,(H10,41,42,43,44,45,46,47,48,49,50,51,52,53,54,55,56,57,58,59,60);/p-2. The fraction of sp³-hybridized carbons (Fsp3) is 0.300. The first-order chi connectivity index (χ1) is 28.3. The average molecular weight is 885 g/mol. The molecule has 0 atom stereocenters. The Morgan fingerprint density at radius 2 is 0.623 bits per heavy atom. The Hall–Kier alpha value is -7.12. The monoisotopic (exact) mass is 884 g/mol. The van der Waals surface area contributed by atoms with E-state index in [4.69, 9.17) is 0 Å². The molecule has 0 saturated carbocycles. The van der Waals surface area contributed by atoms with Crippen LogP contribution in [0.1, 0.15) is 96.4 Å². The second-order valence-electron chi connectivity index (χ2n) is 13.8. The quantitative estimate of drug-likeness (QED) is 0.0754. The molecule has 0 fully saturated rings. The van der Waals surface area contributed by atoms with Crippen LogP contribution in [0, 0.1) is 0 Å². The van der Waals surface area contributed by atoms with E-state index in [1.807, 2.05) is 0 Å². The van der Waals surface area contributed by atoms with Crippen molar-refractivity contribution in [1.82, 2.24) is 19.9 Å². The van der Waals surface area contributed by atoms with Crippen LogP contribution in [0.5, 0.6) is 0 Å². The molecule has 2 aliphatic heterocycles. The second kappa shape index (κ2) is 19.8. The number of fused-ring (bicyclic) bond motifs is 8. The Kier molecular flexibility index (Phi) is 15.1. The van der Waals surface area contributed by atoms with Gasteiger partial charge in [0, 0.05) is 42.8 Å². The number of carboxylic acids is 8. The molecule has 322 valence electrons. The molecule has 0 aliphatic carbocycles. The van der Waals surface area contributed by atoms with Gasteiger partial charge in [-0.25, -0.2) is 9.97 Å². The third-order valence-electron chi connectivity index (χ3n) is 9.66. The Balaban J connectivity index is 0.00000819. The maximum atomic E-state index is 12.3. The Morgan fingerprint density at radius 1 is 0.361 bits per heavy atom. The molecule has 8 bridgehead atoms. The van der Waals surface area contributed by atoms with Gasteiger partial charge in [-0.05, 0) is 59.1 Å². The van der Waals surface area contributed by atoms with E-state index in [9.17, 15) is 79.2 Å². The van der Waals surface area contributed by atoms with Crippen molar-refractivity contribution in [2.75, 3.05) is 0 Å². The van der Waals surface area contributed by atoms with Crippen LogP contribution >= 0.6 is 0 Å². The third kappa shape index (κ3) is 11.5. The number of nitrogens with zero attached hydrogens (tertiary/aromatic N) is 4. The zero-order valence-corrected chi connectivity index (χ0v) is 32.9. The van der Waals surface area contributed by atoms with Crippen molar-refractivity contribution in [3.63, 3.8) is 0 Å². The topological polar surface area (TPSA) is 352 Å². The Morgan fingerprint density at radius 3 is 0.902 bits per heavy atom. The summed E-state index contributed by atoms with van der Waals surface area (Å²) in [6.45, 7) is 0. The molecule has 3 aromatic heterocycles. The SMILES string of the molecule is O=C(O)CCC1=C(CC(=O)O)c2cc3[n-]c(cc4nc(cc5[n-]c(cc1n2)c(CC(=O)O)c5CCC(=O)O)C(CCC(=O)O)=C4CC(=O)O)c(CC(=O)O)c3CCC(=O)O.[Fe]. The number of carboxylic acid groups (broad SMARTS) is 8. The van der Waals surface area contributed by atoms with Gasteiger partial charge in [-0.3, -0.25) is 38.4 Å². The zero-order chi connectivity index (χ0) is 44.0. The van der Waals surface area contributed by atoms with Gasteiger partial charge in [-0.2, -0.15) is 0 Å². The molecule has 8 N–H and O–H groups in total. The number of aromatic nitrogens is 4. The molecule has 20 nitrogen and oxygen atoms in total. The minimum atomic E-state index is -1.36. The van der Waals surface area contributed by atoms with E-state index in [1.54, 1.807) is 0 Å². The average Bonchev–Trinajstić information content (AvgIpc) is 3.81. The molecule has 5 heterocycles. The summed E-state index contributed by atoms with van der Waals surface area (Å²) in [4.78, 5) is 115. The van der Waals surface area contributed by atoms with E-state index >= 15 is 0 Å². The van der Waals surface area contributed by atoms with Crippen LogP contribution in [0.3, 0.4) is 0 Å². The number of rotatable bonds is 20. The van der Waals surface area contributed by atoms with E-state index < -0.39 is 99.1 Å². The molecule has 3 aromatic rings. The molecule has 5 rings (SSSR count). The molecule has 0 unspecified atom stereocenters. The summed E-state index contributed by atoms with van der Waals surface area (Å²) in [5.74, 6) is -10.5. The van der Waals surface area contributed by atoms with Crippen molar-refractivity contribution < 1.29 is 96.3 Å². The first kappa shape index (κ1) is 46.6. The van der Waals surface area contributed by atoms with Crippen molar-refractivity contribution in [2.45, 2.75) is 77.0 Å². The largest absolute Gasteiger partial charge is 0.657 e. The van der Waals surface area contributed by atoms with E-state index in [0.717, 1.165) is 0 Å². The zero-order valence-electron chi connectivity index (χ0n) is 31.8. The van der Waals surface area contributed by atoms with Gasteiger partial charge in [0.25, 0.3) is 0 Å². The van der Waals surface area contributed by atoms with Crippen LogP contribution < -0.4 is 9.97 Å².